The van der Waals surface area contributed by atoms with Gasteiger partial charge in [0.2, 0.25) is 10.0 Å². The molecule has 0 aliphatic heterocycles. The van der Waals surface area contributed by atoms with Crippen molar-refractivity contribution < 1.29 is 26.7 Å². The first-order valence-corrected chi connectivity index (χ1v) is 9.92. The van der Waals surface area contributed by atoms with Crippen molar-refractivity contribution in [1.82, 2.24) is 9.62 Å². The van der Waals surface area contributed by atoms with Gasteiger partial charge in [-0.05, 0) is 30.7 Å². The standard InChI is InChI=1S/C19H22F2N2O4S/c1-13-4-7-16(28(25,26)22-8-9-27-3)11-17(13)19(24)23(2)12-14-5-6-15(20)10-18(14)21/h4-7,10-11,22H,8-9,12H2,1-3H3. The third-order valence-corrected chi connectivity index (χ3v) is 5.58. The van der Waals surface area contributed by atoms with Crippen LogP contribution in [0.25, 0.3) is 0 Å². The average molecular weight is 412 g/mol. The van der Waals surface area contributed by atoms with Gasteiger partial charge in [0.1, 0.15) is 11.6 Å². The minimum atomic E-state index is -3.80. The Bertz CT molecular complexity index is 964. The van der Waals surface area contributed by atoms with Gasteiger partial charge in [-0.15, -0.1) is 0 Å². The molecule has 9 heteroatoms. The van der Waals surface area contributed by atoms with E-state index in [0.29, 0.717) is 5.56 Å². The van der Waals surface area contributed by atoms with Gasteiger partial charge in [0, 0.05) is 44.4 Å². The Kier molecular flexibility index (Phi) is 7.22. The quantitative estimate of drug-likeness (QED) is 0.676. The molecule has 0 aliphatic rings. The Morgan fingerprint density at radius 3 is 2.54 bits per heavy atom. The molecule has 0 unspecified atom stereocenters. The number of nitrogens with one attached hydrogen (secondary N) is 1. The first-order valence-electron chi connectivity index (χ1n) is 8.44. The molecule has 0 fully saturated rings. The molecule has 0 radical (unpaired) electrons. The van der Waals surface area contributed by atoms with Crippen molar-refractivity contribution in [2.45, 2.75) is 18.4 Å². The number of rotatable bonds is 8. The van der Waals surface area contributed by atoms with Crippen molar-refractivity contribution in [3.05, 3.63) is 64.7 Å². The second-order valence-electron chi connectivity index (χ2n) is 6.26. The third-order valence-electron chi connectivity index (χ3n) is 4.12. The maximum Gasteiger partial charge on any atom is 0.254 e. The van der Waals surface area contributed by atoms with Crippen molar-refractivity contribution >= 4 is 15.9 Å². The number of carbonyl (C=O) groups excluding carboxylic acids is 1. The lowest BCUT2D eigenvalue weighted by Gasteiger charge is -2.19. The van der Waals surface area contributed by atoms with E-state index in [-0.39, 0.29) is 35.7 Å². The van der Waals surface area contributed by atoms with Gasteiger partial charge in [-0.25, -0.2) is 21.9 Å². The number of carbonyl (C=O) groups is 1. The Balaban J connectivity index is 2.24. The highest BCUT2D eigenvalue weighted by molar-refractivity contribution is 7.89. The Labute approximate surface area is 163 Å². The molecule has 28 heavy (non-hydrogen) atoms. The SMILES string of the molecule is COCCNS(=O)(=O)c1ccc(C)c(C(=O)N(C)Cc2ccc(F)cc2F)c1. The molecule has 2 rings (SSSR count). The summed E-state index contributed by atoms with van der Waals surface area (Å²) in [4.78, 5) is 14.0. The number of sulfonamides is 1. The zero-order valence-corrected chi connectivity index (χ0v) is 16.6. The van der Waals surface area contributed by atoms with Crippen molar-refractivity contribution in [1.29, 1.82) is 0 Å². The maximum atomic E-state index is 13.8. The number of hydrogen-bond acceptors (Lipinski definition) is 4. The summed E-state index contributed by atoms with van der Waals surface area (Å²) in [5.74, 6) is -1.94. The number of methoxy groups -OCH3 is 1. The van der Waals surface area contributed by atoms with Crippen LogP contribution in [0.1, 0.15) is 21.5 Å². The maximum absolute atomic E-state index is 13.8. The summed E-state index contributed by atoms with van der Waals surface area (Å²) in [5, 5.41) is 0. The zero-order chi connectivity index (χ0) is 20.9. The molecule has 1 amide bonds. The zero-order valence-electron chi connectivity index (χ0n) is 15.8. The first kappa shape index (κ1) is 21.9. The largest absolute Gasteiger partial charge is 0.383 e. The molecule has 152 valence electrons. The van der Waals surface area contributed by atoms with Crippen LogP contribution in [0.15, 0.2) is 41.3 Å². The average Bonchev–Trinajstić information content (AvgIpc) is 2.63. The van der Waals surface area contributed by atoms with Gasteiger partial charge < -0.3 is 9.64 Å². The van der Waals surface area contributed by atoms with Crippen LogP contribution in [0, 0.1) is 18.6 Å². The highest BCUT2D eigenvalue weighted by Gasteiger charge is 2.20. The molecule has 2 aromatic rings. The van der Waals surface area contributed by atoms with Crippen LogP contribution >= 0.6 is 0 Å². The van der Waals surface area contributed by atoms with Gasteiger partial charge in [-0.1, -0.05) is 12.1 Å². The lowest BCUT2D eigenvalue weighted by molar-refractivity contribution is 0.0783. The summed E-state index contributed by atoms with van der Waals surface area (Å²) < 4.78 is 58.8. The van der Waals surface area contributed by atoms with Crippen LogP contribution < -0.4 is 4.72 Å². The minimum absolute atomic E-state index is 0.0566. The number of benzene rings is 2. The molecule has 0 bridgehead atoms. The van der Waals surface area contributed by atoms with E-state index in [1.54, 1.807) is 6.92 Å². The fourth-order valence-electron chi connectivity index (χ4n) is 2.54. The highest BCUT2D eigenvalue weighted by Crippen LogP contribution is 2.19. The van der Waals surface area contributed by atoms with Crippen LogP contribution in [0.5, 0.6) is 0 Å². The van der Waals surface area contributed by atoms with Crippen molar-refractivity contribution in [2.24, 2.45) is 0 Å². The van der Waals surface area contributed by atoms with Crippen LogP contribution in [0.4, 0.5) is 8.78 Å². The summed E-state index contributed by atoms with van der Waals surface area (Å²) in [6.45, 7) is 1.89. The molecule has 0 saturated carbocycles. The molecule has 2 aromatic carbocycles. The number of hydrogen-bond donors (Lipinski definition) is 1. The predicted octanol–water partition coefficient (Wildman–Crippen LogP) is 2.47. The number of amides is 1. The predicted molar refractivity (Wildman–Crippen MR) is 100 cm³/mol. The van der Waals surface area contributed by atoms with Crippen LogP contribution in [0.2, 0.25) is 0 Å². The summed E-state index contributed by atoms with van der Waals surface area (Å²) in [5.41, 5.74) is 0.909. The van der Waals surface area contributed by atoms with Gasteiger partial charge in [0.15, 0.2) is 0 Å². The van der Waals surface area contributed by atoms with Gasteiger partial charge >= 0.3 is 0 Å². The smallest absolute Gasteiger partial charge is 0.254 e. The fraction of sp³-hybridized carbons (Fsp3) is 0.316. The Morgan fingerprint density at radius 2 is 1.89 bits per heavy atom. The van der Waals surface area contributed by atoms with E-state index in [9.17, 15) is 22.0 Å². The summed E-state index contributed by atoms with van der Waals surface area (Å²) in [7, 11) is -0.888. The van der Waals surface area contributed by atoms with Crippen LogP contribution in [-0.4, -0.2) is 46.5 Å². The lowest BCUT2D eigenvalue weighted by atomic mass is 10.1. The van der Waals surface area contributed by atoms with E-state index >= 15 is 0 Å². The lowest BCUT2D eigenvalue weighted by Crippen LogP contribution is -2.29. The molecule has 0 aliphatic carbocycles. The molecule has 0 heterocycles. The molecule has 1 N–H and O–H groups in total. The molecule has 0 saturated heterocycles. The van der Waals surface area contributed by atoms with E-state index in [1.807, 2.05) is 0 Å². The topological polar surface area (TPSA) is 75.7 Å². The number of nitrogens with zero attached hydrogens (tertiary/aromatic N) is 1. The van der Waals surface area contributed by atoms with E-state index < -0.39 is 27.6 Å². The van der Waals surface area contributed by atoms with Gasteiger partial charge in [0.25, 0.3) is 5.91 Å². The molecule has 0 spiro atoms. The summed E-state index contributed by atoms with van der Waals surface area (Å²) >= 11 is 0. The normalized spacial score (nSPS) is 11.5. The molecule has 6 nitrogen and oxygen atoms in total. The molecule has 0 atom stereocenters. The summed E-state index contributed by atoms with van der Waals surface area (Å²) in [6.07, 6.45) is 0. The van der Waals surface area contributed by atoms with Crippen LogP contribution in [0.3, 0.4) is 0 Å². The number of halogens is 2. The second-order valence-corrected chi connectivity index (χ2v) is 8.03. The Hall–Kier alpha value is -2.36. The third kappa shape index (κ3) is 5.34. The molecular formula is C19H22F2N2O4S. The van der Waals surface area contributed by atoms with E-state index in [0.717, 1.165) is 12.1 Å². The van der Waals surface area contributed by atoms with Gasteiger partial charge in [-0.3, -0.25) is 4.79 Å². The van der Waals surface area contributed by atoms with Crippen molar-refractivity contribution in [3.63, 3.8) is 0 Å². The van der Waals surface area contributed by atoms with Crippen LogP contribution in [-0.2, 0) is 21.3 Å². The molecular weight excluding hydrogens is 390 g/mol. The van der Waals surface area contributed by atoms with Crippen molar-refractivity contribution in [3.8, 4) is 0 Å². The fourth-order valence-corrected chi connectivity index (χ4v) is 3.58. The first-order chi connectivity index (χ1) is 13.2. The van der Waals surface area contributed by atoms with E-state index in [1.165, 1.54) is 43.3 Å². The minimum Gasteiger partial charge on any atom is -0.383 e. The number of ether oxygens (including phenoxy) is 1. The monoisotopic (exact) mass is 412 g/mol. The van der Waals surface area contributed by atoms with E-state index in [2.05, 4.69) is 4.72 Å². The van der Waals surface area contributed by atoms with Gasteiger partial charge in [-0.2, -0.15) is 0 Å². The van der Waals surface area contributed by atoms with Gasteiger partial charge in [0.05, 0.1) is 11.5 Å². The van der Waals surface area contributed by atoms with Crippen molar-refractivity contribution in [2.75, 3.05) is 27.3 Å². The highest BCUT2D eigenvalue weighted by atomic mass is 32.2. The Morgan fingerprint density at radius 1 is 1.18 bits per heavy atom. The molecule has 0 aromatic heterocycles. The summed E-state index contributed by atoms with van der Waals surface area (Å²) in [6, 6.07) is 7.34. The number of aryl methyl sites for hydroxylation is 1. The second kappa shape index (κ2) is 9.22. The van der Waals surface area contributed by atoms with E-state index in [4.69, 9.17) is 4.74 Å².